The number of hydrogen-bond acceptors (Lipinski definition) is 7. The van der Waals surface area contributed by atoms with E-state index in [9.17, 15) is 14.4 Å². The first-order chi connectivity index (χ1) is 13.0. The van der Waals surface area contributed by atoms with Gasteiger partial charge in [-0.2, -0.15) is 0 Å². The summed E-state index contributed by atoms with van der Waals surface area (Å²) in [6.45, 7) is 3.32. The van der Waals surface area contributed by atoms with Crippen LogP contribution in [0.2, 0.25) is 0 Å². The summed E-state index contributed by atoms with van der Waals surface area (Å²) in [5, 5.41) is 8.71. The van der Waals surface area contributed by atoms with Gasteiger partial charge in [0.1, 0.15) is 19.8 Å². The Hall–Kier alpha value is -1.89. The minimum atomic E-state index is -0.469. The molecule has 2 rings (SSSR count). The van der Waals surface area contributed by atoms with Gasteiger partial charge in [-0.05, 0) is 37.5 Å². The largest absolute Gasteiger partial charge is 0.463 e. The van der Waals surface area contributed by atoms with Crippen molar-refractivity contribution in [2.45, 2.75) is 39.5 Å². The Labute approximate surface area is 160 Å². The molecule has 2 aliphatic rings. The molecule has 0 amide bonds. The zero-order chi connectivity index (χ0) is 19.8. The second kappa shape index (κ2) is 10.4. The third kappa shape index (κ3) is 6.06. The van der Waals surface area contributed by atoms with Crippen molar-refractivity contribution in [2.24, 2.45) is 29.6 Å². The van der Waals surface area contributed by atoms with Gasteiger partial charge in [0.05, 0.1) is 24.4 Å². The van der Waals surface area contributed by atoms with Crippen molar-refractivity contribution in [1.29, 1.82) is 0 Å². The van der Waals surface area contributed by atoms with Crippen LogP contribution in [0.15, 0.2) is 12.2 Å². The van der Waals surface area contributed by atoms with E-state index >= 15 is 0 Å². The Morgan fingerprint density at radius 2 is 1.74 bits per heavy atom. The molecule has 0 spiro atoms. The molecule has 5 unspecified atom stereocenters. The monoisotopic (exact) mass is 382 g/mol. The molecule has 1 N–H and O–H groups in total. The van der Waals surface area contributed by atoms with Crippen LogP contribution in [0.3, 0.4) is 0 Å². The van der Waals surface area contributed by atoms with Crippen LogP contribution in [0, 0.1) is 29.6 Å². The highest BCUT2D eigenvalue weighted by atomic mass is 16.6. The second-order valence-corrected chi connectivity index (χ2v) is 7.35. The molecule has 2 aliphatic carbocycles. The van der Waals surface area contributed by atoms with Gasteiger partial charge in [0.15, 0.2) is 0 Å². The first-order valence-corrected chi connectivity index (χ1v) is 9.75. The number of aliphatic hydroxyl groups is 1. The number of ether oxygens (including phenoxy) is 3. The minimum absolute atomic E-state index is 0.0112. The lowest BCUT2D eigenvalue weighted by Gasteiger charge is -2.18. The number of carbonyl (C=O) groups is 3. The molecule has 0 radical (unpaired) electrons. The van der Waals surface area contributed by atoms with E-state index < -0.39 is 23.8 Å². The van der Waals surface area contributed by atoms with Crippen molar-refractivity contribution >= 4 is 17.9 Å². The van der Waals surface area contributed by atoms with Gasteiger partial charge < -0.3 is 19.3 Å². The zero-order valence-electron chi connectivity index (χ0n) is 16.1. The van der Waals surface area contributed by atoms with Crippen molar-refractivity contribution in [3.63, 3.8) is 0 Å². The van der Waals surface area contributed by atoms with Crippen LogP contribution in [-0.4, -0.2) is 49.4 Å². The number of esters is 3. The smallest absolute Gasteiger partial charge is 0.309 e. The highest BCUT2D eigenvalue weighted by Gasteiger charge is 2.40. The summed E-state index contributed by atoms with van der Waals surface area (Å²) >= 11 is 0. The first-order valence-electron chi connectivity index (χ1n) is 9.75. The maximum atomic E-state index is 12.1. The van der Waals surface area contributed by atoms with E-state index in [1.165, 1.54) is 0 Å². The van der Waals surface area contributed by atoms with Crippen molar-refractivity contribution < 1.29 is 33.7 Å². The van der Waals surface area contributed by atoms with Crippen molar-refractivity contribution in [3.05, 3.63) is 12.2 Å². The Morgan fingerprint density at radius 1 is 1.04 bits per heavy atom. The SMILES string of the molecule is CCC(CC(C)C(=O)OCCOC(=O)C1CC2C=CC1C2)C(=O)OCCO. The molecule has 1 saturated carbocycles. The number of hydrogen-bond donors (Lipinski definition) is 1. The van der Waals surface area contributed by atoms with E-state index in [0.29, 0.717) is 24.7 Å². The summed E-state index contributed by atoms with van der Waals surface area (Å²) in [5.41, 5.74) is 0. The Morgan fingerprint density at radius 3 is 2.33 bits per heavy atom. The summed E-state index contributed by atoms with van der Waals surface area (Å²) in [6.07, 6.45) is 7.00. The molecule has 2 bridgehead atoms. The molecule has 7 nitrogen and oxygen atoms in total. The van der Waals surface area contributed by atoms with E-state index in [1.807, 2.05) is 6.92 Å². The summed E-state index contributed by atoms with van der Waals surface area (Å²) in [7, 11) is 0. The summed E-state index contributed by atoms with van der Waals surface area (Å²) in [6, 6.07) is 0. The molecule has 0 aliphatic heterocycles. The van der Waals surface area contributed by atoms with Crippen molar-refractivity contribution in [2.75, 3.05) is 26.4 Å². The molecule has 152 valence electrons. The molecule has 0 aromatic carbocycles. The zero-order valence-corrected chi connectivity index (χ0v) is 16.1. The number of allylic oxidation sites excluding steroid dienone is 2. The van der Waals surface area contributed by atoms with Crippen LogP contribution >= 0.6 is 0 Å². The maximum absolute atomic E-state index is 12.1. The third-order valence-corrected chi connectivity index (χ3v) is 5.36. The van der Waals surface area contributed by atoms with Crippen LogP contribution in [0.1, 0.15) is 39.5 Å². The summed E-state index contributed by atoms with van der Waals surface area (Å²) in [5.74, 6) is -1.21. The van der Waals surface area contributed by atoms with Gasteiger partial charge in [-0.1, -0.05) is 26.0 Å². The standard InChI is InChI=1S/C20H30O7/c1-3-15(19(23)25-7-6-21)10-13(2)18(22)26-8-9-27-20(24)17-12-14-4-5-16(17)11-14/h4-5,13-17,21H,3,6-12H2,1-2H3. The molecule has 0 saturated heterocycles. The van der Waals surface area contributed by atoms with Gasteiger partial charge in [-0.3, -0.25) is 14.4 Å². The normalized spacial score (nSPS) is 25.1. The van der Waals surface area contributed by atoms with E-state index in [-0.39, 0.29) is 38.3 Å². The fourth-order valence-corrected chi connectivity index (χ4v) is 3.80. The number of carbonyl (C=O) groups excluding carboxylic acids is 3. The Bertz CT molecular complexity index is 557. The molecular weight excluding hydrogens is 352 g/mol. The lowest BCUT2D eigenvalue weighted by molar-refractivity contribution is -0.159. The number of fused-ring (bicyclic) bond motifs is 2. The van der Waals surface area contributed by atoms with Crippen molar-refractivity contribution in [1.82, 2.24) is 0 Å². The van der Waals surface area contributed by atoms with Gasteiger partial charge >= 0.3 is 17.9 Å². The van der Waals surface area contributed by atoms with Gasteiger partial charge in [-0.15, -0.1) is 0 Å². The molecule has 0 aromatic heterocycles. The fraction of sp³-hybridized carbons (Fsp3) is 0.750. The van der Waals surface area contributed by atoms with Gasteiger partial charge in [-0.25, -0.2) is 0 Å². The predicted octanol–water partition coefficient (Wildman–Crippen LogP) is 1.87. The van der Waals surface area contributed by atoms with Crippen LogP contribution in [0.4, 0.5) is 0 Å². The molecule has 27 heavy (non-hydrogen) atoms. The average Bonchev–Trinajstić information content (AvgIpc) is 3.30. The topological polar surface area (TPSA) is 99.1 Å². The highest BCUT2D eigenvalue weighted by Crippen LogP contribution is 2.43. The molecule has 1 fully saturated rings. The molecular formula is C20H30O7. The Balaban J connectivity index is 1.63. The van der Waals surface area contributed by atoms with Gasteiger partial charge in [0.2, 0.25) is 0 Å². The van der Waals surface area contributed by atoms with E-state index in [1.54, 1.807) is 6.92 Å². The second-order valence-electron chi connectivity index (χ2n) is 7.35. The average molecular weight is 382 g/mol. The lowest BCUT2D eigenvalue weighted by Crippen LogP contribution is -2.26. The van der Waals surface area contributed by atoms with Crippen LogP contribution < -0.4 is 0 Å². The van der Waals surface area contributed by atoms with Gasteiger partial charge in [0.25, 0.3) is 0 Å². The predicted molar refractivity (Wildman–Crippen MR) is 96.4 cm³/mol. The van der Waals surface area contributed by atoms with Crippen molar-refractivity contribution in [3.8, 4) is 0 Å². The van der Waals surface area contributed by atoms with E-state index in [0.717, 1.165) is 12.8 Å². The molecule has 0 heterocycles. The quantitative estimate of drug-likeness (QED) is 0.252. The van der Waals surface area contributed by atoms with Crippen LogP contribution in [0.25, 0.3) is 0 Å². The first kappa shape index (κ1) is 21.4. The Kier molecular flexibility index (Phi) is 8.28. The van der Waals surface area contributed by atoms with Gasteiger partial charge in [0, 0.05) is 0 Å². The minimum Gasteiger partial charge on any atom is -0.463 e. The maximum Gasteiger partial charge on any atom is 0.309 e. The lowest BCUT2D eigenvalue weighted by atomic mass is 9.94. The van der Waals surface area contributed by atoms with E-state index in [2.05, 4.69) is 12.2 Å². The summed E-state index contributed by atoms with van der Waals surface area (Å²) < 4.78 is 15.3. The number of rotatable bonds is 11. The molecule has 7 heteroatoms. The molecule has 5 atom stereocenters. The highest BCUT2D eigenvalue weighted by molar-refractivity contribution is 5.76. The molecule has 0 aromatic rings. The fourth-order valence-electron chi connectivity index (χ4n) is 3.80. The third-order valence-electron chi connectivity index (χ3n) is 5.36. The van der Waals surface area contributed by atoms with E-state index in [4.69, 9.17) is 19.3 Å². The summed E-state index contributed by atoms with van der Waals surface area (Å²) in [4.78, 5) is 36.0. The van der Waals surface area contributed by atoms with Crippen LogP contribution in [0.5, 0.6) is 0 Å². The van der Waals surface area contributed by atoms with Crippen LogP contribution in [-0.2, 0) is 28.6 Å². The number of aliphatic hydroxyl groups excluding tert-OH is 1.